The number of anilines is 2. The smallest absolute Gasteiger partial charge is 0.222 e. The molecular formula is C10H14BrN5O. The summed E-state index contributed by atoms with van der Waals surface area (Å²) >= 11 is 3.37. The van der Waals surface area contributed by atoms with Gasteiger partial charge in [0.2, 0.25) is 5.95 Å². The molecule has 2 N–H and O–H groups in total. The molecule has 1 aromatic rings. The number of rotatable bonds is 6. The highest BCUT2D eigenvalue weighted by atomic mass is 79.9. The number of aromatic nitrogens is 2. The van der Waals surface area contributed by atoms with Crippen LogP contribution in [0.3, 0.4) is 0 Å². The van der Waals surface area contributed by atoms with Crippen LogP contribution in [0.1, 0.15) is 6.42 Å². The third-order valence-corrected chi connectivity index (χ3v) is 2.66. The van der Waals surface area contributed by atoms with Crippen molar-refractivity contribution in [2.75, 3.05) is 37.4 Å². The molecule has 17 heavy (non-hydrogen) atoms. The number of nitriles is 1. The Hall–Kier alpha value is -1.39. The zero-order chi connectivity index (χ0) is 12.7. The van der Waals surface area contributed by atoms with Crippen LogP contribution in [-0.2, 0) is 4.74 Å². The number of halogens is 1. The zero-order valence-electron chi connectivity index (χ0n) is 9.56. The molecule has 6 nitrogen and oxygen atoms in total. The highest BCUT2D eigenvalue weighted by Gasteiger charge is 2.12. The maximum absolute atomic E-state index is 8.63. The van der Waals surface area contributed by atoms with Crippen LogP contribution in [0, 0.1) is 11.3 Å². The fourth-order valence-electron chi connectivity index (χ4n) is 1.30. The van der Waals surface area contributed by atoms with Crippen molar-refractivity contribution >= 4 is 27.7 Å². The van der Waals surface area contributed by atoms with Crippen LogP contribution in [-0.4, -0.2) is 36.8 Å². The molecule has 92 valence electrons. The summed E-state index contributed by atoms with van der Waals surface area (Å²) in [5.41, 5.74) is 5.56. The minimum atomic E-state index is 0.211. The van der Waals surface area contributed by atoms with Gasteiger partial charge in [0.05, 0.1) is 23.6 Å². The van der Waals surface area contributed by atoms with Crippen molar-refractivity contribution in [3.05, 3.63) is 10.7 Å². The average molecular weight is 300 g/mol. The summed E-state index contributed by atoms with van der Waals surface area (Å²) in [7, 11) is 1.63. The lowest BCUT2D eigenvalue weighted by atomic mass is 10.4. The molecule has 1 heterocycles. The maximum Gasteiger partial charge on any atom is 0.222 e. The van der Waals surface area contributed by atoms with Gasteiger partial charge in [0, 0.05) is 26.4 Å². The Labute approximate surface area is 109 Å². The maximum atomic E-state index is 8.63. The molecule has 7 heteroatoms. The van der Waals surface area contributed by atoms with Gasteiger partial charge in [0.15, 0.2) is 0 Å². The number of hydrogen-bond acceptors (Lipinski definition) is 6. The lowest BCUT2D eigenvalue weighted by molar-refractivity contribution is 0.205. The van der Waals surface area contributed by atoms with E-state index in [4.69, 9.17) is 15.7 Å². The molecule has 0 saturated heterocycles. The molecule has 0 unspecified atom stereocenters. The Balaban J connectivity index is 2.86. The third kappa shape index (κ3) is 4.17. The van der Waals surface area contributed by atoms with E-state index in [1.54, 1.807) is 13.3 Å². The van der Waals surface area contributed by atoms with E-state index in [9.17, 15) is 0 Å². The predicted molar refractivity (Wildman–Crippen MR) is 68.5 cm³/mol. The van der Waals surface area contributed by atoms with Crippen LogP contribution in [0.25, 0.3) is 0 Å². The monoisotopic (exact) mass is 299 g/mol. The molecule has 0 amide bonds. The van der Waals surface area contributed by atoms with Gasteiger partial charge in [0.25, 0.3) is 0 Å². The first-order valence-electron chi connectivity index (χ1n) is 5.08. The summed E-state index contributed by atoms with van der Waals surface area (Å²) in [5, 5.41) is 8.63. The molecule has 0 bridgehead atoms. The SMILES string of the molecule is COCCN(CCC#N)c1nc(N)ncc1Br. The van der Waals surface area contributed by atoms with Crippen LogP contribution >= 0.6 is 15.9 Å². The quantitative estimate of drug-likeness (QED) is 0.849. The number of hydrogen-bond donors (Lipinski definition) is 1. The van der Waals surface area contributed by atoms with Crippen molar-refractivity contribution in [2.45, 2.75) is 6.42 Å². The lowest BCUT2D eigenvalue weighted by Crippen LogP contribution is -2.29. The molecule has 0 aliphatic heterocycles. The van der Waals surface area contributed by atoms with Gasteiger partial charge in [0.1, 0.15) is 5.82 Å². The summed E-state index contributed by atoms with van der Waals surface area (Å²) < 4.78 is 5.78. The summed E-state index contributed by atoms with van der Waals surface area (Å²) in [5.74, 6) is 0.896. The van der Waals surface area contributed by atoms with Crippen molar-refractivity contribution < 1.29 is 4.74 Å². The van der Waals surface area contributed by atoms with Crippen molar-refractivity contribution in [1.29, 1.82) is 5.26 Å². The summed E-state index contributed by atoms with van der Waals surface area (Å²) in [6.45, 7) is 1.78. The molecule has 0 fully saturated rings. The molecule has 0 aliphatic rings. The van der Waals surface area contributed by atoms with Gasteiger partial charge in [-0.05, 0) is 15.9 Å². The van der Waals surface area contributed by atoms with E-state index in [2.05, 4.69) is 32.0 Å². The second kappa shape index (κ2) is 7.04. The Morgan fingerprint density at radius 2 is 2.35 bits per heavy atom. The number of nitrogens with zero attached hydrogens (tertiary/aromatic N) is 4. The Kier molecular flexibility index (Phi) is 5.66. The second-order valence-electron chi connectivity index (χ2n) is 3.29. The van der Waals surface area contributed by atoms with Gasteiger partial charge in [-0.15, -0.1) is 0 Å². The summed E-state index contributed by atoms with van der Waals surface area (Å²) in [4.78, 5) is 9.98. The van der Waals surface area contributed by atoms with Crippen molar-refractivity contribution in [3.63, 3.8) is 0 Å². The highest BCUT2D eigenvalue weighted by molar-refractivity contribution is 9.10. The first kappa shape index (κ1) is 13.7. The predicted octanol–water partition coefficient (Wildman–Crippen LogP) is 1.19. The topological polar surface area (TPSA) is 88.1 Å². The van der Waals surface area contributed by atoms with E-state index in [1.807, 2.05) is 4.90 Å². The van der Waals surface area contributed by atoms with Gasteiger partial charge >= 0.3 is 0 Å². The van der Waals surface area contributed by atoms with E-state index < -0.39 is 0 Å². The number of ether oxygens (including phenoxy) is 1. The molecule has 0 aromatic carbocycles. The fourth-order valence-corrected chi connectivity index (χ4v) is 1.74. The minimum absolute atomic E-state index is 0.211. The first-order chi connectivity index (χ1) is 8.19. The fraction of sp³-hybridized carbons (Fsp3) is 0.500. The van der Waals surface area contributed by atoms with Crippen LogP contribution in [0.5, 0.6) is 0 Å². The molecule has 1 aromatic heterocycles. The van der Waals surface area contributed by atoms with E-state index in [1.165, 1.54) is 0 Å². The van der Waals surface area contributed by atoms with E-state index in [0.29, 0.717) is 31.9 Å². The Morgan fingerprint density at radius 1 is 1.59 bits per heavy atom. The standard InChI is InChI=1S/C10H14BrN5O/c1-17-6-5-16(4-2-3-12)9-8(11)7-14-10(13)15-9/h7H,2,4-6H2,1H3,(H2,13,14,15). The molecule has 0 spiro atoms. The highest BCUT2D eigenvalue weighted by Crippen LogP contribution is 2.23. The summed E-state index contributed by atoms with van der Waals surface area (Å²) in [6, 6.07) is 2.11. The van der Waals surface area contributed by atoms with Crippen molar-refractivity contribution in [2.24, 2.45) is 0 Å². The van der Waals surface area contributed by atoms with Gasteiger partial charge < -0.3 is 15.4 Å². The lowest BCUT2D eigenvalue weighted by Gasteiger charge is -2.23. The molecule has 1 rings (SSSR count). The summed E-state index contributed by atoms with van der Waals surface area (Å²) in [6.07, 6.45) is 2.02. The molecule has 0 radical (unpaired) electrons. The third-order valence-electron chi connectivity index (χ3n) is 2.10. The molecule has 0 saturated carbocycles. The van der Waals surface area contributed by atoms with Crippen LogP contribution in [0.15, 0.2) is 10.7 Å². The minimum Gasteiger partial charge on any atom is -0.383 e. The Bertz CT molecular complexity index is 406. The Morgan fingerprint density at radius 3 is 3.00 bits per heavy atom. The van der Waals surface area contributed by atoms with E-state index >= 15 is 0 Å². The number of nitrogen functional groups attached to an aromatic ring is 1. The van der Waals surface area contributed by atoms with Crippen LogP contribution < -0.4 is 10.6 Å². The van der Waals surface area contributed by atoms with Crippen molar-refractivity contribution in [1.82, 2.24) is 9.97 Å². The molecular weight excluding hydrogens is 286 g/mol. The number of methoxy groups -OCH3 is 1. The van der Waals surface area contributed by atoms with Crippen LogP contribution in [0.4, 0.5) is 11.8 Å². The second-order valence-corrected chi connectivity index (χ2v) is 4.14. The van der Waals surface area contributed by atoms with Gasteiger partial charge in [-0.3, -0.25) is 0 Å². The normalized spacial score (nSPS) is 9.94. The zero-order valence-corrected chi connectivity index (χ0v) is 11.1. The van der Waals surface area contributed by atoms with Crippen LogP contribution in [0.2, 0.25) is 0 Å². The van der Waals surface area contributed by atoms with Gasteiger partial charge in [-0.25, -0.2) is 4.98 Å². The average Bonchev–Trinajstić information content (AvgIpc) is 2.33. The molecule has 0 atom stereocenters. The number of nitrogens with two attached hydrogens (primary N) is 1. The van der Waals surface area contributed by atoms with Gasteiger partial charge in [-0.2, -0.15) is 10.2 Å². The largest absolute Gasteiger partial charge is 0.383 e. The molecule has 0 aliphatic carbocycles. The first-order valence-corrected chi connectivity index (χ1v) is 5.87. The van der Waals surface area contributed by atoms with E-state index in [-0.39, 0.29) is 5.95 Å². The van der Waals surface area contributed by atoms with Crippen molar-refractivity contribution in [3.8, 4) is 6.07 Å². The van der Waals surface area contributed by atoms with Gasteiger partial charge in [-0.1, -0.05) is 0 Å². The van der Waals surface area contributed by atoms with E-state index in [0.717, 1.165) is 4.47 Å².